The standard InChI is InChI=1S/C14H16BFO5S/c1-8(17)20-14-11(16)12(21-15)10(22-14)7-19-13(18)9-5-3-2-4-6-9/h2-6,10-12,14H,7,15H2,1H3/t10-,11+,12-,14?/m1/s1. The number of carbonyl (C=O) groups excluding carboxylic acids is 2. The zero-order chi connectivity index (χ0) is 16.1. The molecule has 8 heteroatoms. The minimum Gasteiger partial charge on any atom is -0.461 e. The molecule has 4 atom stereocenters. The maximum absolute atomic E-state index is 14.1. The Bertz CT molecular complexity index is 529. The van der Waals surface area contributed by atoms with Crippen LogP contribution in [-0.4, -0.2) is 49.6 Å². The number of hydrogen-bond donors (Lipinski definition) is 0. The van der Waals surface area contributed by atoms with E-state index in [9.17, 15) is 14.0 Å². The maximum Gasteiger partial charge on any atom is 0.338 e. The molecule has 0 spiro atoms. The molecule has 1 fully saturated rings. The van der Waals surface area contributed by atoms with E-state index >= 15 is 0 Å². The summed E-state index contributed by atoms with van der Waals surface area (Å²) >= 11 is 1.10. The second kappa shape index (κ2) is 7.64. The maximum atomic E-state index is 14.1. The van der Waals surface area contributed by atoms with Crippen LogP contribution >= 0.6 is 11.8 Å². The second-order valence-electron chi connectivity index (χ2n) is 4.76. The lowest BCUT2D eigenvalue weighted by Crippen LogP contribution is -2.35. The van der Waals surface area contributed by atoms with E-state index in [0.717, 1.165) is 11.8 Å². The molecule has 1 aliphatic rings. The van der Waals surface area contributed by atoms with Crippen LogP contribution in [0, 0.1) is 0 Å². The molecule has 0 saturated carbocycles. The van der Waals surface area contributed by atoms with E-state index in [0.29, 0.717) is 5.56 Å². The highest BCUT2D eigenvalue weighted by Crippen LogP contribution is 2.38. The van der Waals surface area contributed by atoms with Gasteiger partial charge in [0.1, 0.15) is 6.61 Å². The first-order chi connectivity index (χ1) is 10.5. The molecule has 1 saturated heterocycles. The molecule has 1 aromatic rings. The lowest BCUT2D eigenvalue weighted by atomic mass is 10.1. The van der Waals surface area contributed by atoms with Gasteiger partial charge in [0.05, 0.1) is 16.9 Å². The van der Waals surface area contributed by atoms with E-state index < -0.39 is 34.9 Å². The van der Waals surface area contributed by atoms with E-state index in [1.54, 1.807) is 30.3 Å². The Labute approximate surface area is 132 Å². The Kier molecular flexibility index (Phi) is 5.85. The fourth-order valence-corrected chi connectivity index (χ4v) is 3.58. The molecule has 0 radical (unpaired) electrons. The smallest absolute Gasteiger partial charge is 0.338 e. The van der Waals surface area contributed by atoms with Crippen molar-refractivity contribution in [1.82, 2.24) is 0 Å². The summed E-state index contributed by atoms with van der Waals surface area (Å²) in [6.45, 7) is 1.20. The normalized spacial score (nSPS) is 27.4. The fourth-order valence-electron chi connectivity index (χ4n) is 2.17. The lowest BCUT2D eigenvalue weighted by molar-refractivity contribution is -0.145. The Morgan fingerprint density at radius 1 is 1.32 bits per heavy atom. The highest BCUT2D eigenvalue weighted by molar-refractivity contribution is 8.00. The largest absolute Gasteiger partial charge is 0.461 e. The number of hydrogen-bond acceptors (Lipinski definition) is 6. The monoisotopic (exact) mass is 326 g/mol. The van der Waals surface area contributed by atoms with Crippen LogP contribution in [-0.2, 0) is 18.9 Å². The van der Waals surface area contributed by atoms with Gasteiger partial charge < -0.3 is 14.1 Å². The van der Waals surface area contributed by atoms with Crippen molar-refractivity contribution >= 4 is 31.7 Å². The summed E-state index contributed by atoms with van der Waals surface area (Å²) in [7, 11) is 1.37. The van der Waals surface area contributed by atoms with Gasteiger partial charge in [-0.2, -0.15) is 0 Å². The molecule has 0 aromatic heterocycles. The van der Waals surface area contributed by atoms with E-state index in [2.05, 4.69) is 0 Å². The molecule has 1 heterocycles. The minimum absolute atomic E-state index is 0.0188. The Morgan fingerprint density at radius 2 is 2.00 bits per heavy atom. The van der Waals surface area contributed by atoms with E-state index in [-0.39, 0.29) is 6.61 Å². The van der Waals surface area contributed by atoms with Crippen LogP contribution in [0.15, 0.2) is 30.3 Å². The molecular formula is C14H16BFO5S. The molecular weight excluding hydrogens is 310 g/mol. The van der Waals surface area contributed by atoms with Gasteiger partial charge in [0, 0.05) is 6.92 Å². The van der Waals surface area contributed by atoms with Gasteiger partial charge in [-0.05, 0) is 12.1 Å². The third-order valence-corrected chi connectivity index (χ3v) is 4.57. The van der Waals surface area contributed by atoms with E-state index in [1.807, 2.05) is 0 Å². The third kappa shape index (κ3) is 4.01. The highest BCUT2D eigenvalue weighted by atomic mass is 32.2. The molecule has 0 amide bonds. The number of rotatable bonds is 5. The summed E-state index contributed by atoms with van der Waals surface area (Å²) in [6, 6.07) is 8.53. The topological polar surface area (TPSA) is 61.8 Å². The fraction of sp³-hybridized carbons (Fsp3) is 0.429. The van der Waals surface area contributed by atoms with Crippen molar-refractivity contribution in [1.29, 1.82) is 0 Å². The molecule has 118 valence electrons. The number of halogens is 1. The molecule has 0 N–H and O–H groups in total. The third-order valence-electron chi connectivity index (χ3n) is 3.19. The summed E-state index contributed by atoms with van der Waals surface area (Å²) in [4.78, 5) is 22.9. The van der Waals surface area contributed by atoms with Crippen molar-refractivity contribution in [2.45, 2.75) is 29.9 Å². The van der Waals surface area contributed by atoms with Gasteiger partial charge in [-0.25, -0.2) is 9.18 Å². The van der Waals surface area contributed by atoms with Crippen LogP contribution in [0.4, 0.5) is 4.39 Å². The van der Waals surface area contributed by atoms with Gasteiger partial charge in [0.15, 0.2) is 11.6 Å². The summed E-state index contributed by atoms with van der Waals surface area (Å²) in [5.74, 6) is -1.04. The number of alkyl halides is 1. The van der Waals surface area contributed by atoms with Crippen LogP contribution < -0.4 is 0 Å². The SMILES string of the molecule is BO[C@H]1[C@H](F)C(OC(C)=O)S[C@@H]1COC(=O)c1ccccc1. The summed E-state index contributed by atoms with van der Waals surface area (Å²) < 4.78 is 29.4. The Balaban J connectivity index is 1.94. The van der Waals surface area contributed by atoms with Crippen LogP contribution in [0.25, 0.3) is 0 Å². The van der Waals surface area contributed by atoms with Gasteiger partial charge in [0.25, 0.3) is 8.05 Å². The van der Waals surface area contributed by atoms with E-state index in [1.165, 1.54) is 15.0 Å². The van der Waals surface area contributed by atoms with Crippen molar-refractivity contribution in [2.75, 3.05) is 6.61 Å². The number of carbonyl (C=O) groups is 2. The molecule has 0 aliphatic carbocycles. The van der Waals surface area contributed by atoms with Crippen molar-refractivity contribution in [3.05, 3.63) is 35.9 Å². The van der Waals surface area contributed by atoms with Gasteiger partial charge >= 0.3 is 11.9 Å². The first kappa shape index (κ1) is 16.8. The predicted octanol–water partition coefficient (Wildman–Crippen LogP) is 1.12. The average molecular weight is 326 g/mol. The van der Waals surface area contributed by atoms with Crippen molar-refractivity contribution < 1.29 is 28.1 Å². The van der Waals surface area contributed by atoms with Crippen molar-refractivity contribution in [2.24, 2.45) is 0 Å². The zero-order valence-electron chi connectivity index (χ0n) is 12.2. The highest BCUT2D eigenvalue weighted by Gasteiger charge is 2.47. The lowest BCUT2D eigenvalue weighted by Gasteiger charge is -2.18. The van der Waals surface area contributed by atoms with Crippen LogP contribution in [0.1, 0.15) is 17.3 Å². The second-order valence-corrected chi connectivity index (χ2v) is 6.10. The summed E-state index contributed by atoms with van der Waals surface area (Å²) in [5.41, 5.74) is -0.518. The molecule has 5 nitrogen and oxygen atoms in total. The van der Waals surface area contributed by atoms with Crippen molar-refractivity contribution in [3.8, 4) is 0 Å². The first-order valence-corrected chi connectivity index (χ1v) is 7.69. The van der Waals surface area contributed by atoms with Crippen LogP contribution in [0.5, 0.6) is 0 Å². The molecule has 1 aliphatic heterocycles. The average Bonchev–Trinajstić information content (AvgIpc) is 2.80. The van der Waals surface area contributed by atoms with Gasteiger partial charge in [-0.1, -0.05) is 18.2 Å². The number of ether oxygens (including phenoxy) is 2. The number of thioether (sulfide) groups is 1. The van der Waals surface area contributed by atoms with Gasteiger partial charge in [-0.3, -0.25) is 4.79 Å². The minimum atomic E-state index is -1.46. The molecule has 22 heavy (non-hydrogen) atoms. The summed E-state index contributed by atoms with van der Waals surface area (Å²) in [5, 5.41) is -0.433. The molecule has 1 unspecified atom stereocenters. The predicted molar refractivity (Wildman–Crippen MR) is 82.0 cm³/mol. The quantitative estimate of drug-likeness (QED) is 0.597. The Hall–Kier alpha value is -1.54. The van der Waals surface area contributed by atoms with E-state index in [4.69, 9.17) is 14.1 Å². The zero-order valence-corrected chi connectivity index (χ0v) is 13.0. The van der Waals surface area contributed by atoms with Gasteiger partial charge in [0.2, 0.25) is 0 Å². The van der Waals surface area contributed by atoms with Crippen molar-refractivity contribution in [3.63, 3.8) is 0 Å². The van der Waals surface area contributed by atoms with Crippen LogP contribution in [0.3, 0.4) is 0 Å². The molecule has 1 aromatic carbocycles. The molecule has 0 bridgehead atoms. The van der Waals surface area contributed by atoms with Gasteiger partial charge in [-0.15, -0.1) is 11.8 Å². The molecule has 2 rings (SSSR count). The number of benzene rings is 1. The van der Waals surface area contributed by atoms with Crippen LogP contribution in [0.2, 0.25) is 0 Å². The summed E-state index contributed by atoms with van der Waals surface area (Å²) in [6.07, 6.45) is -2.25. The first-order valence-electron chi connectivity index (χ1n) is 6.74. The Morgan fingerprint density at radius 3 is 2.59 bits per heavy atom. The number of esters is 2.